The molecule has 1 rings (SSSR count). The standard InChI is InChI=1S/C6H7F2N/c7-4-1-2-6(9)5(8)3-4/h1-2,4H,3,9H2. The lowest BCUT2D eigenvalue weighted by molar-refractivity contribution is 0.366. The summed E-state index contributed by atoms with van der Waals surface area (Å²) < 4.78 is 24.5. The molecule has 1 aliphatic rings. The van der Waals surface area contributed by atoms with Crippen molar-refractivity contribution >= 4 is 0 Å². The molecule has 0 saturated heterocycles. The van der Waals surface area contributed by atoms with Gasteiger partial charge in [-0.2, -0.15) is 0 Å². The van der Waals surface area contributed by atoms with Gasteiger partial charge >= 0.3 is 0 Å². The Hall–Kier alpha value is -0.860. The van der Waals surface area contributed by atoms with Gasteiger partial charge < -0.3 is 5.73 Å². The van der Waals surface area contributed by atoms with E-state index in [0.717, 1.165) is 0 Å². The van der Waals surface area contributed by atoms with E-state index in [1.165, 1.54) is 12.2 Å². The van der Waals surface area contributed by atoms with Gasteiger partial charge in [-0.1, -0.05) is 0 Å². The summed E-state index contributed by atoms with van der Waals surface area (Å²) in [5, 5.41) is 0. The fourth-order valence-corrected chi connectivity index (χ4v) is 0.656. The molecule has 9 heavy (non-hydrogen) atoms. The van der Waals surface area contributed by atoms with Crippen LogP contribution in [0.3, 0.4) is 0 Å². The van der Waals surface area contributed by atoms with Crippen molar-refractivity contribution < 1.29 is 8.78 Å². The van der Waals surface area contributed by atoms with Crippen LogP contribution < -0.4 is 5.73 Å². The van der Waals surface area contributed by atoms with Gasteiger partial charge in [-0.3, -0.25) is 0 Å². The quantitative estimate of drug-likeness (QED) is 0.528. The summed E-state index contributed by atoms with van der Waals surface area (Å²) in [7, 11) is 0. The van der Waals surface area contributed by atoms with Gasteiger partial charge in [-0.15, -0.1) is 0 Å². The van der Waals surface area contributed by atoms with Crippen LogP contribution in [0.5, 0.6) is 0 Å². The number of rotatable bonds is 0. The molecule has 0 spiro atoms. The van der Waals surface area contributed by atoms with E-state index in [1.54, 1.807) is 0 Å². The molecule has 0 radical (unpaired) electrons. The van der Waals surface area contributed by atoms with Gasteiger partial charge in [-0.05, 0) is 12.2 Å². The minimum Gasteiger partial charge on any atom is -0.397 e. The van der Waals surface area contributed by atoms with Crippen LogP contribution in [-0.2, 0) is 0 Å². The molecule has 0 aromatic rings. The minimum absolute atomic E-state index is 0.0453. The van der Waals surface area contributed by atoms with Crippen molar-refractivity contribution in [1.82, 2.24) is 0 Å². The summed E-state index contributed by atoms with van der Waals surface area (Å²) in [6.45, 7) is 0. The Kier molecular flexibility index (Phi) is 1.51. The Morgan fingerprint density at radius 1 is 1.67 bits per heavy atom. The highest BCUT2D eigenvalue weighted by Crippen LogP contribution is 2.18. The molecule has 3 heteroatoms. The topological polar surface area (TPSA) is 26.0 Å². The zero-order valence-electron chi connectivity index (χ0n) is 4.77. The van der Waals surface area contributed by atoms with Crippen LogP contribution >= 0.6 is 0 Å². The molecule has 0 amide bonds. The van der Waals surface area contributed by atoms with Crippen LogP contribution in [0.1, 0.15) is 6.42 Å². The van der Waals surface area contributed by atoms with Crippen molar-refractivity contribution in [3.63, 3.8) is 0 Å². The number of halogens is 2. The molecule has 0 saturated carbocycles. The van der Waals surface area contributed by atoms with Gasteiger partial charge in [0.05, 0.1) is 5.70 Å². The van der Waals surface area contributed by atoms with E-state index >= 15 is 0 Å². The van der Waals surface area contributed by atoms with E-state index in [0.29, 0.717) is 0 Å². The van der Waals surface area contributed by atoms with Crippen LogP contribution in [0.2, 0.25) is 0 Å². The van der Waals surface area contributed by atoms with Crippen molar-refractivity contribution in [3.05, 3.63) is 23.7 Å². The highest BCUT2D eigenvalue weighted by atomic mass is 19.1. The third-order valence-electron chi connectivity index (χ3n) is 1.17. The van der Waals surface area contributed by atoms with Crippen molar-refractivity contribution in [2.75, 3.05) is 0 Å². The van der Waals surface area contributed by atoms with E-state index in [9.17, 15) is 8.78 Å². The molecule has 1 nitrogen and oxygen atoms in total. The van der Waals surface area contributed by atoms with Crippen LogP contribution in [-0.4, -0.2) is 6.17 Å². The zero-order chi connectivity index (χ0) is 6.85. The van der Waals surface area contributed by atoms with Crippen molar-refractivity contribution in [1.29, 1.82) is 0 Å². The third kappa shape index (κ3) is 1.28. The molecule has 0 aromatic heterocycles. The van der Waals surface area contributed by atoms with Gasteiger partial charge in [0, 0.05) is 6.42 Å². The van der Waals surface area contributed by atoms with Crippen molar-refractivity contribution in [2.45, 2.75) is 12.6 Å². The summed E-state index contributed by atoms with van der Waals surface area (Å²) >= 11 is 0. The second kappa shape index (κ2) is 2.17. The zero-order valence-corrected chi connectivity index (χ0v) is 4.77. The number of nitrogens with two attached hydrogens (primary N) is 1. The molecular formula is C6H7F2N. The molecule has 50 valence electrons. The van der Waals surface area contributed by atoms with Crippen molar-refractivity contribution in [2.24, 2.45) is 5.73 Å². The van der Waals surface area contributed by atoms with Crippen LogP contribution in [0.15, 0.2) is 23.7 Å². The first-order chi connectivity index (χ1) is 4.20. The largest absolute Gasteiger partial charge is 0.397 e. The average Bonchev–Trinajstić information content (AvgIpc) is 1.80. The fourth-order valence-electron chi connectivity index (χ4n) is 0.656. The number of hydrogen-bond acceptors (Lipinski definition) is 1. The van der Waals surface area contributed by atoms with Crippen molar-refractivity contribution in [3.8, 4) is 0 Å². The molecule has 1 unspecified atom stereocenters. The maximum absolute atomic E-state index is 12.3. The normalized spacial score (nSPS) is 27.1. The minimum atomic E-state index is -1.20. The van der Waals surface area contributed by atoms with Crippen LogP contribution in [0, 0.1) is 0 Å². The Balaban J connectivity index is 2.75. The summed E-state index contributed by atoms with van der Waals surface area (Å²) in [4.78, 5) is 0. The maximum Gasteiger partial charge on any atom is 0.126 e. The molecule has 1 atom stereocenters. The van der Waals surface area contributed by atoms with Gasteiger partial charge in [-0.25, -0.2) is 8.78 Å². The summed E-state index contributed by atoms with van der Waals surface area (Å²) in [6.07, 6.45) is 1.10. The smallest absolute Gasteiger partial charge is 0.126 e. The third-order valence-corrected chi connectivity index (χ3v) is 1.17. The van der Waals surface area contributed by atoms with E-state index in [4.69, 9.17) is 5.73 Å². The molecule has 1 aliphatic carbocycles. The lowest BCUT2D eigenvalue weighted by Gasteiger charge is -2.07. The maximum atomic E-state index is 12.3. The van der Waals surface area contributed by atoms with Gasteiger partial charge in [0.15, 0.2) is 0 Å². The second-order valence-corrected chi connectivity index (χ2v) is 1.94. The summed E-state index contributed by atoms with van der Waals surface area (Å²) in [6, 6.07) is 0. The predicted octanol–water partition coefficient (Wildman–Crippen LogP) is 1.42. The first-order valence-corrected chi connectivity index (χ1v) is 2.66. The highest BCUT2D eigenvalue weighted by molar-refractivity contribution is 5.24. The number of hydrogen-bond donors (Lipinski definition) is 1. The number of alkyl halides is 1. The van der Waals surface area contributed by atoms with E-state index in [-0.39, 0.29) is 12.1 Å². The Morgan fingerprint density at radius 3 is 2.78 bits per heavy atom. The lowest BCUT2D eigenvalue weighted by atomic mass is 10.1. The molecule has 0 bridgehead atoms. The van der Waals surface area contributed by atoms with E-state index in [1.807, 2.05) is 0 Å². The first kappa shape index (κ1) is 6.26. The average molecular weight is 131 g/mol. The second-order valence-electron chi connectivity index (χ2n) is 1.94. The molecule has 2 N–H and O–H groups in total. The Bertz CT molecular complexity index is 172. The van der Waals surface area contributed by atoms with Crippen LogP contribution in [0.25, 0.3) is 0 Å². The van der Waals surface area contributed by atoms with Gasteiger partial charge in [0.25, 0.3) is 0 Å². The number of allylic oxidation sites excluding steroid dienone is 3. The Labute approximate surface area is 51.8 Å². The predicted molar refractivity (Wildman–Crippen MR) is 31.0 cm³/mol. The van der Waals surface area contributed by atoms with E-state index in [2.05, 4.69) is 0 Å². The highest BCUT2D eigenvalue weighted by Gasteiger charge is 2.12. The lowest BCUT2D eigenvalue weighted by Crippen LogP contribution is -2.07. The van der Waals surface area contributed by atoms with Gasteiger partial charge in [0.1, 0.15) is 12.0 Å². The van der Waals surface area contributed by atoms with Crippen LogP contribution in [0.4, 0.5) is 8.78 Å². The SMILES string of the molecule is NC1=C(F)CC(F)C=C1. The Morgan fingerprint density at radius 2 is 2.33 bits per heavy atom. The molecule has 0 heterocycles. The molecule has 0 aliphatic heterocycles. The van der Waals surface area contributed by atoms with Gasteiger partial charge in [0.2, 0.25) is 0 Å². The summed E-state index contributed by atoms with van der Waals surface area (Å²) in [5.74, 6) is -0.551. The first-order valence-electron chi connectivity index (χ1n) is 2.66. The molecule has 0 fully saturated rings. The molecule has 0 aromatic carbocycles. The molecular weight excluding hydrogens is 124 g/mol. The monoisotopic (exact) mass is 131 g/mol. The van der Waals surface area contributed by atoms with E-state index < -0.39 is 12.0 Å². The summed E-state index contributed by atoms with van der Waals surface area (Å²) in [5.41, 5.74) is 5.14. The fraction of sp³-hybridized carbons (Fsp3) is 0.333.